The fourth-order valence-corrected chi connectivity index (χ4v) is 5.46. The van der Waals surface area contributed by atoms with Crippen LogP contribution >= 0.6 is 23.4 Å². The molecule has 7 nitrogen and oxygen atoms in total. The van der Waals surface area contributed by atoms with Gasteiger partial charge in [0.2, 0.25) is 0 Å². The molecular formula is C29H29ClN6OS. The van der Waals surface area contributed by atoms with Crippen LogP contribution in [0, 0.1) is 6.92 Å². The Morgan fingerprint density at radius 1 is 0.947 bits per heavy atom. The van der Waals surface area contributed by atoms with E-state index < -0.39 is 0 Å². The van der Waals surface area contributed by atoms with Crippen molar-refractivity contribution in [3.05, 3.63) is 107 Å². The summed E-state index contributed by atoms with van der Waals surface area (Å²) >= 11 is 7.90. The summed E-state index contributed by atoms with van der Waals surface area (Å²) in [5, 5.41) is 3.98. The molecule has 1 aliphatic heterocycles. The first-order valence-electron chi connectivity index (χ1n) is 12.5. The predicted molar refractivity (Wildman–Crippen MR) is 154 cm³/mol. The van der Waals surface area contributed by atoms with Crippen molar-refractivity contribution >= 4 is 40.8 Å². The van der Waals surface area contributed by atoms with Gasteiger partial charge in [-0.3, -0.25) is 9.78 Å². The molecule has 2 aromatic heterocycles. The Kier molecular flexibility index (Phi) is 8.41. The number of carbonyl (C=O) groups is 1. The Balaban J connectivity index is 1.19. The minimum absolute atomic E-state index is 0.131. The van der Waals surface area contributed by atoms with Crippen molar-refractivity contribution < 1.29 is 4.79 Å². The number of hydrogen-bond acceptors (Lipinski definition) is 7. The number of nitrogens with zero attached hydrogens (tertiary/aromatic N) is 5. The van der Waals surface area contributed by atoms with E-state index in [2.05, 4.69) is 56.3 Å². The summed E-state index contributed by atoms with van der Waals surface area (Å²) in [5.41, 5.74) is 5.02. The number of hydrogen-bond donors (Lipinski definition) is 1. The summed E-state index contributed by atoms with van der Waals surface area (Å²) < 4.78 is 0. The van der Waals surface area contributed by atoms with Crippen LogP contribution in [0.1, 0.15) is 27.2 Å². The number of nitrogens with one attached hydrogen (secondary N) is 1. The minimum atomic E-state index is -0.131. The molecule has 1 N–H and O–H groups in total. The summed E-state index contributed by atoms with van der Waals surface area (Å²) in [4.78, 5) is 30.8. The van der Waals surface area contributed by atoms with Gasteiger partial charge in [0.1, 0.15) is 11.0 Å². The number of para-hydroxylation sites is 1. The molecule has 2 aromatic carbocycles. The molecule has 0 aliphatic carbocycles. The fraction of sp³-hybridized carbons (Fsp3) is 0.241. The van der Waals surface area contributed by atoms with Crippen LogP contribution in [-0.2, 0) is 12.3 Å². The van der Waals surface area contributed by atoms with E-state index in [9.17, 15) is 4.79 Å². The van der Waals surface area contributed by atoms with Gasteiger partial charge in [-0.05, 0) is 48.4 Å². The summed E-state index contributed by atoms with van der Waals surface area (Å²) in [5.74, 6) is 1.34. The number of thioether (sulfide) groups is 1. The quantitative estimate of drug-likeness (QED) is 0.181. The number of piperazine rings is 1. The van der Waals surface area contributed by atoms with E-state index in [4.69, 9.17) is 16.6 Å². The van der Waals surface area contributed by atoms with E-state index in [0.717, 1.165) is 43.3 Å². The van der Waals surface area contributed by atoms with E-state index in [0.29, 0.717) is 28.2 Å². The van der Waals surface area contributed by atoms with Crippen molar-refractivity contribution in [3.63, 3.8) is 0 Å². The van der Waals surface area contributed by atoms with Crippen molar-refractivity contribution in [3.8, 4) is 0 Å². The van der Waals surface area contributed by atoms with Crippen LogP contribution in [0.15, 0.2) is 84.1 Å². The molecule has 9 heteroatoms. The second-order valence-electron chi connectivity index (χ2n) is 9.08. The van der Waals surface area contributed by atoms with Crippen LogP contribution in [0.2, 0.25) is 5.15 Å². The topological polar surface area (TPSA) is 74.2 Å². The van der Waals surface area contributed by atoms with Gasteiger partial charge in [0, 0.05) is 55.4 Å². The summed E-state index contributed by atoms with van der Waals surface area (Å²) in [6, 6.07) is 23.6. The van der Waals surface area contributed by atoms with Crippen LogP contribution in [0.3, 0.4) is 0 Å². The molecule has 0 unspecified atom stereocenters. The van der Waals surface area contributed by atoms with Gasteiger partial charge in [-0.15, -0.1) is 0 Å². The Morgan fingerprint density at radius 3 is 2.53 bits per heavy atom. The highest BCUT2D eigenvalue weighted by Crippen LogP contribution is 2.27. The molecule has 0 radical (unpaired) electrons. The Morgan fingerprint density at radius 2 is 1.74 bits per heavy atom. The SMILES string of the molecule is Cc1ccccc1N1CCN(c2cc(Cl)nc(SCc3cccc(C(=O)NCc4ccccn4)c3)n2)CC1. The van der Waals surface area contributed by atoms with E-state index in [1.807, 2.05) is 48.5 Å². The molecule has 1 fully saturated rings. The lowest BCUT2D eigenvalue weighted by atomic mass is 10.1. The number of aryl methyl sites for hydroxylation is 1. The van der Waals surface area contributed by atoms with E-state index in [1.54, 1.807) is 6.20 Å². The molecule has 38 heavy (non-hydrogen) atoms. The Bertz CT molecular complexity index is 1390. The van der Waals surface area contributed by atoms with Gasteiger partial charge < -0.3 is 15.1 Å². The van der Waals surface area contributed by atoms with E-state index in [-0.39, 0.29) is 5.91 Å². The second-order valence-corrected chi connectivity index (χ2v) is 10.4. The number of pyridine rings is 1. The first kappa shape index (κ1) is 26.0. The number of anilines is 2. The average molecular weight is 545 g/mol. The van der Waals surface area contributed by atoms with Gasteiger partial charge >= 0.3 is 0 Å². The number of aromatic nitrogens is 3. The maximum absolute atomic E-state index is 12.6. The van der Waals surface area contributed by atoms with Crippen LogP contribution < -0.4 is 15.1 Å². The highest BCUT2D eigenvalue weighted by atomic mass is 35.5. The molecular weight excluding hydrogens is 516 g/mol. The lowest BCUT2D eigenvalue weighted by Gasteiger charge is -2.37. The van der Waals surface area contributed by atoms with Gasteiger partial charge in [-0.25, -0.2) is 9.97 Å². The number of amides is 1. The number of carbonyl (C=O) groups excluding carboxylic acids is 1. The van der Waals surface area contributed by atoms with E-state index in [1.165, 1.54) is 23.0 Å². The fourth-order valence-electron chi connectivity index (χ4n) is 4.43. The Labute approximate surface area is 232 Å². The monoisotopic (exact) mass is 544 g/mol. The highest BCUT2D eigenvalue weighted by molar-refractivity contribution is 7.98. The maximum atomic E-state index is 12.6. The number of halogens is 1. The van der Waals surface area contributed by atoms with Crippen LogP contribution in [0.4, 0.5) is 11.5 Å². The summed E-state index contributed by atoms with van der Waals surface area (Å²) in [6.45, 7) is 6.11. The standard InChI is InChI=1S/C29H29ClN6OS/c1-21-7-2-3-11-25(21)35-13-15-36(16-14-35)27-18-26(30)33-29(34-27)38-20-22-8-6-9-23(17-22)28(37)32-19-24-10-4-5-12-31-24/h2-12,17-18H,13-16,19-20H2,1H3,(H,32,37). The Hall–Kier alpha value is -3.62. The summed E-state index contributed by atoms with van der Waals surface area (Å²) in [7, 11) is 0. The van der Waals surface area contributed by atoms with Gasteiger partial charge in [0.05, 0.1) is 12.2 Å². The van der Waals surface area contributed by atoms with Crippen LogP contribution in [0.5, 0.6) is 0 Å². The van der Waals surface area contributed by atoms with Crippen molar-refractivity contribution in [1.82, 2.24) is 20.3 Å². The molecule has 4 aromatic rings. The van der Waals surface area contributed by atoms with E-state index >= 15 is 0 Å². The third kappa shape index (κ3) is 6.62. The molecule has 0 atom stereocenters. The molecule has 0 saturated carbocycles. The van der Waals surface area contributed by atoms with Crippen molar-refractivity contribution in [2.45, 2.75) is 24.4 Å². The largest absolute Gasteiger partial charge is 0.368 e. The second kappa shape index (κ2) is 12.3. The molecule has 1 saturated heterocycles. The molecule has 5 rings (SSSR count). The van der Waals surface area contributed by atoms with Crippen LogP contribution in [0.25, 0.3) is 0 Å². The van der Waals surface area contributed by atoms with Crippen LogP contribution in [-0.4, -0.2) is 47.0 Å². The first-order valence-corrected chi connectivity index (χ1v) is 13.9. The lowest BCUT2D eigenvalue weighted by Crippen LogP contribution is -2.47. The summed E-state index contributed by atoms with van der Waals surface area (Å²) in [6.07, 6.45) is 1.72. The third-order valence-electron chi connectivity index (χ3n) is 6.43. The normalized spacial score (nSPS) is 13.4. The van der Waals surface area contributed by atoms with Gasteiger partial charge in [0.25, 0.3) is 5.91 Å². The van der Waals surface area contributed by atoms with Gasteiger partial charge in [-0.1, -0.05) is 59.8 Å². The van der Waals surface area contributed by atoms with Crippen molar-refractivity contribution in [2.24, 2.45) is 0 Å². The van der Waals surface area contributed by atoms with Crippen molar-refractivity contribution in [2.75, 3.05) is 36.0 Å². The zero-order valence-electron chi connectivity index (χ0n) is 21.2. The third-order valence-corrected chi connectivity index (χ3v) is 7.55. The smallest absolute Gasteiger partial charge is 0.251 e. The molecule has 0 bridgehead atoms. The number of benzene rings is 2. The molecule has 1 amide bonds. The zero-order chi connectivity index (χ0) is 26.3. The van der Waals surface area contributed by atoms with Crippen molar-refractivity contribution in [1.29, 1.82) is 0 Å². The molecule has 3 heterocycles. The lowest BCUT2D eigenvalue weighted by molar-refractivity contribution is 0.0950. The van der Waals surface area contributed by atoms with Gasteiger partial charge in [0.15, 0.2) is 5.16 Å². The molecule has 0 spiro atoms. The van der Waals surface area contributed by atoms with Gasteiger partial charge in [-0.2, -0.15) is 0 Å². The maximum Gasteiger partial charge on any atom is 0.251 e. The first-order chi connectivity index (χ1) is 18.5. The highest BCUT2D eigenvalue weighted by Gasteiger charge is 2.20. The number of rotatable bonds is 8. The predicted octanol–water partition coefficient (Wildman–Crippen LogP) is 5.38. The zero-order valence-corrected chi connectivity index (χ0v) is 22.8. The average Bonchev–Trinajstić information content (AvgIpc) is 2.96. The molecule has 194 valence electrons. The molecule has 1 aliphatic rings. The minimum Gasteiger partial charge on any atom is -0.368 e.